The number of carbonyl (C=O) groups excluding carboxylic acids is 1. The largest absolute Gasteiger partial charge is 0.393 e. The van der Waals surface area contributed by atoms with Crippen molar-refractivity contribution in [3.63, 3.8) is 0 Å². The Bertz CT molecular complexity index is 1310. The summed E-state index contributed by atoms with van der Waals surface area (Å²) in [5.41, 5.74) is 6.34. The standard InChI is InChI=1S/C40H56O3/c1-29(17-13-19-31(3)21-23-36-33(5)25-34(41)26-38(36,6)7)15-11-12-16-30(2)18-14-20-32(4)22-24-37(43)40(10)28-35(42)27-39(40,8)9/h11-24,34-35,41-42H,25-28H2,1-10H3/b12-11+,17-13+,18-14+,23-21+,24-22+,29-15+,30-16+,31-19+,32-20+/t34?,35?,40-/m0/s1. The van der Waals surface area contributed by atoms with Crippen LogP contribution in [-0.4, -0.2) is 28.2 Å². The third-order valence-corrected chi connectivity index (χ3v) is 9.18. The Balaban J connectivity index is 1.89. The van der Waals surface area contributed by atoms with Crippen LogP contribution in [0.15, 0.2) is 119 Å². The molecule has 0 spiro atoms. The summed E-state index contributed by atoms with van der Waals surface area (Å²) >= 11 is 0. The number of aliphatic hydroxyl groups excluding tert-OH is 2. The number of allylic oxidation sites excluding steroid dienone is 19. The normalized spacial score (nSPS) is 27.7. The number of aliphatic hydroxyl groups is 2. The lowest BCUT2D eigenvalue weighted by atomic mass is 9.66. The summed E-state index contributed by atoms with van der Waals surface area (Å²) in [6.07, 6.45) is 30.6. The fraction of sp³-hybridized carbons (Fsp3) is 0.475. The third kappa shape index (κ3) is 10.9. The Hall–Kier alpha value is -3.01. The van der Waals surface area contributed by atoms with E-state index < -0.39 is 11.5 Å². The van der Waals surface area contributed by atoms with E-state index in [4.69, 9.17) is 0 Å². The van der Waals surface area contributed by atoms with Crippen LogP contribution in [0.2, 0.25) is 0 Å². The predicted octanol–water partition coefficient (Wildman–Crippen LogP) is 9.81. The molecular weight excluding hydrogens is 528 g/mol. The fourth-order valence-electron chi connectivity index (χ4n) is 6.19. The Morgan fingerprint density at radius 1 is 0.651 bits per heavy atom. The Labute approximate surface area is 262 Å². The molecule has 3 nitrogen and oxygen atoms in total. The lowest BCUT2D eigenvalue weighted by molar-refractivity contribution is -0.127. The van der Waals surface area contributed by atoms with E-state index in [0.717, 1.165) is 29.6 Å². The Morgan fingerprint density at radius 3 is 1.63 bits per heavy atom. The summed E-state index contributed by atoms with van der Waals surface area (Å²) in [5.74, 6) is 0.0853. The molecule has 2 N–H and O–H groups in total. The predicted molar refractivity (Wildman–Crippen MR) is 185 cm³/mol. The number of carbonyl (C=O) groups is 1. The van der Waals surface area contributed by atoms with E-state index in [0.29, 0.717) is 12.8 Å². The van der Waals surface area contributed by atoms with E-state index in [9.17, 15) is 15.0 Å². The first kappa shape index (κ1) is 36.2. The molecule has 0 aliphatic heterocycles. The smallest absolute Gasteiger partial charge is 0.162 e. The van der Waals surface area contributed by atoms with Crippen molar-refractivity contribution in [3.8, 4) is 0 Å². The zero-order valence-corrected chi connectivity index (χ0v) is 28.4. The van der Waals surface area contributed by atoms with Crippen LogP contribution in [-0.2, 0) is 4.79 Å². The van der Waals surface area contributed by atoms with Crippen molar-refractivity contribution in [2.45, 2.75) is 107 Å². The topological polar surface area (TPSA) is 57.5 Å². The highest BCUT2D eigenvalue weighted by Gasteiger charge is 2.52. The lowest BCUT2D eigenvalue weighted by Crippen LogP contribution is -2.36. The van der Waals surface area contributed by atoms with Crippen LogP contribution >= 0.6 is 0 Å². The minimum absolute atomic E-state index is 0.00528. The lowest BCUT2D eigenvalue weighted by Gasteiger charge is -2.35. The van der Waals surface area contributed by atoms with Gasteiger partial charge in [-0.05, 0) is 82.8 Å². The van der Waals surface area contributed by atoms with E-state index in [1.807, 2.05) is 50.3 Å². The first-order valence-corrected chi connectivity index (χ1v) is 15.7. The molecule has 1 fully saturated rings. The summed E-state index contributed by atoms with van der Waals surface area (Å²) in [6, 6.07) is 0. The summed E-state index contributed by atoms with van der Waals surface area (Å²) in [5, 5.41) is 20.2. The van der Waals surface area contributed by atoms with Gasteiger partial charge in [0.05, 0.1) is 12.2 Å². The molecule has 0 aromatic rings. The molecular formula is C40H56O3. The van der Waals surface area contributed by atoms with Crippen LogP contribution in [0.4, 0.5) is 0 Å². The average molecular weight is 585 g/mol. The van der Waals surface area contributed by atoms with Gasteiger partial charge in [-0.25, -0.2) is 0 Å². The molecule has 1 saturated carbocycles. The van der Waals surface area contributed by atoms with Crippen LogP contribution in [0.25, 0.3) is 0 Å². The van der Waals surface area contributed by atoms with Crippen LogP contribution < -0.4 is 0 Å². The molecule has 0 aromatic heterocycles. The summed E-state index contributed by atoms with van der Waals surface area (Å²) in [7, 11) is 0. The van der Waals surface area contributed by atoms with Crippen molar-refractivity contribution in [1.82, 2.24) is 0 Å². The van der Waals surface area contributed by atoms with Crippen molar-refractivity contribution >= 4 is 5.78 Å². The summed E-state index contributed by atoms with van der Waals surface area (Å²) < 4.78 is 0. The molecule has 0 heterocycles. The highest BCUT2D eigenvalue weighted by molar-refractivity contribution is 5.95. The van der Waals surface area contributed by atoms with Gasteiger partial charge in [0, 0.05) is 5.41 Å². The zero-order valence-electron chi connectivity index (χ0n) is 28.4. The molecule has 3 atom stereocenters. The highest BCUT2D eigenvalue weighted by atomic mass is 16.3. The van der Waals surface area contributed by atoms with Gasteiger partial charge in [-0.15, -0.1) is 0 Å². The molecule has 3 heteroatoms. The molecule has 0 aromatic carbocycles. The maximum Gasteiger partial charge on any atom is 0.162 e. The van der Waals surface area contributed by atoms with Gasteiger partial charge in [-0.3, -0.25) is 4.79 Å². The Morgan fingerprint density at radius 2 is 1.14 bits per heavy atom. The molecule has 0 saturated heterocycles. The Kier molecular flexibility index (Phi) is 13.2. The highest BCUT2D eigenvalue weighted by Crippen LogP contribution is 2.53. The first-order valence-electron chi connectivity index (χ1n) is 15.7. The molecule has 43 heavy (non-hydrogen) atoms. The van der Waals surface area contributed by atoms with E-state index in [-0.39, 0.29) is 22.7 Å². The number of hydrogen-bond donors (Lipinski definition) is 2. The van der Waals surface area contributed by atoms with Gasteiger partial charge >= 0.3 is 0 Å². The average Bonchev–Trinajstić information content (AvgIpc) is 3.10. The van der Waals surface area contributed by atoms with Gasteiger partial charge in [0.1, 0.15) is 0 Å². The second-order valence-electron chi connectivity index (χ2n) is 14.2. The van der Waals surface area contributed by atoms with Crippen molar-refractivity contribution in [2.75, 3.05) is 0 Å². The van der Waals surface area contributed by atoms with Gasteiger partial charge in [0.25, 0.3) is 0 Å². The van der Waals surface area contributed by atoms with Crippen molar-refractivity contribution in [2.24, 2.45) is 16.2 Å². The van der Waals surface area contributed by atoms with Gasteiger partial charge in [-0.2, -0.15) is 0 Å². The molecule has 2 aliphatic carbocycles. The third-order valence-electron chi connectivity index (χ3n) is 9.18. The van der Waals surface area contributed by atoms with Gasteiger partial charge in [0.15, 0.2) is 5.78 Å². The first-order chi connectivity index (χ1) is 20.0. The van der Waals surface area contributed by atoms with E-state index in [2.05, 4.69) is 97.9 Å². The summed E-state index contributed by atoms with van der Waals surface area (Å²) in [4.78, 5) is 12.9. The SMILES string of the molecule is CC1=C(/C=C/C(C)=C/C=C/C(C)=C/C=C/C=C(C)/C=C/C=C(C)/C=C/C(=O)[C@]2(C)CC(O)CC2(C)C)C(C)(C)CC(O)C1. The molecule has 2 unspecified atom stereocenters. The van der Waals surface area contributed by atoms with Crippen molar-refractivity contribution in [1.29, 1.82) is 0 Å². The molecule has 234 valence electrons. The van der Waals surface area contributed by atoms with Gasteiger partial charge in [0.2, 0.25) is 0 Å². The minimum atomic E-state index is -0.532. The fourth-order valence-corrected chi connectivity index (χ4v) is 6.19. The van der Waals surface area contributed by atoms with Crippen LogP contribution in [0.3, 0.4) is 0 Å². The molecule has 0 radical (unpaired) electrons. The zero-order chi connectivity index (χ0) is 32.4. The van der Waals surface area contributed by atoms with Gasteiger partial charge < -0.3 is 10.2 Å². The second kappa shape index (κ2) is 15.6. The van der Waals surface area contributed by atoms with E-state index >= 15 is 0 Å². The van der Waals surface area contributed by atoms with Crippen LogP contribution in [0.1, 0.15) is 94.9 Å². The number of rotatable bonds is 11. The maximum absolute atomic E-state index is 12.9. The van der Waals surface area contributed by atoms with Crippen molar-refractivity contribution in [3.05, 3.63) is 119 Å². The van der Waals surface area contributed by atoms with Gasteiger partial charge in [-0.1, -0.05) is 141 Å². The molecule has 2 aliphatic rings. The molecule has 0 amide bonds. The van der Waals surface area contributed by atoms with Crippen LogP contribution in [0.5, 0.6) is 0 Å². The molecule has 2 rings (SSSR count). The van der Waals surface area contributed by atoms with E-state index in [1.165, 1.54) is 16.7 Å². The number of ketones is 1. The maximum atomic E-state index is 12.9. The monoisotopic (exact) mass is 584 g/mol. The van der Waals surface area contributed by atoms with Crippen LogP contribution in [0, 0.1) is 16.2 Å². The quantitative estimate of drug-likeness (QED) is 0.188. The minimum Gasteiger partial charge on any atom is -0.393 e. The van der Waals surface area contributed by atoms with Crippen molar-refractivity contribution < 1.29 is 15.0 Å². The van der Waals surface area contributed by atoms with E-state index in [1.54, 1.807) is 6.08 Å². The molecule has 0 bridgehead atoms. The number of hydrogen-bond acceptors (Lipinski definition) is 3. The summed E-state index contributed by atoms with van der Waals surface area (Å²) in [6.45, 7) is 20.9. The second-order valence-corrected chi connectivity index (χ2v) is 14.2.